The summed E-state index contributed by atoms with van der Waals surface area (Å²) < 4.78 is 81.0. The summed E-state index contributed by atoms with van der Waals surface area (Å²) in [6, 6.07) is 15.1. The molecule has 1 amide bonds. The van der Waals surface area contributed by atoms with Gasteiger partial charge < -0.3 is 30.1 Å². The number of aliphatic hydroxyl groups is 2. The molecule has 16 nitrogen and oxygen atoms in total. The number of benzene rings is 3. The molecule has 1 aromatic heterocycles. The molecule has 0 atom stereocenters. The van der Waals surface area contributed by atoms with E-state index in [1.807, 2.05) is 95.5 Å². The van der Waals surface area contributed by atoms with Gasteiger partial charge in [0, 0.05) is 89.2 Å². The summed E-state index contributed by atoms with van der Waals surface area (Å²) in [6.07, 6.45) is 5.68. The molecule has 0 aliphatic carbocycles. The summed E-state index contributed by atoms with van der Waals surface area (Å²) in [4.78, 5) is 21.6. The SMILES string of the molecule is CNCCO.Cc1cc(C)c(S(=O)(=O)Cl)c(C)c1.Cc1cc(C)c(S(=O)(=O)N(C)CCO)c(C)c1.Cc1cc(C)c(S(=O)(=O)N(C)CCOCC(=O)N(C)CC2CCN(c3ccncc3)CC2)c(C)c1. The first-order chi connectivity index (χ1) is 32.6. The van der Waals surface area contributed by atoms with Crippen molar-refractivity contribution in [2.24, 2.45) is 5.92 Å². The van der Waals surface area contributed by atoms with Crippen LogP contribution in [0.5, 0.6) is 0 Å². The second-order valence-electron chi connectivity index (χ2n) is 17.8. The Balaban J connectivity index is 0.000000395. The molecule has 70 heavy (non-hydrogen) atoms. The number of piperidine rings is 1. The Kier molecular flexibility index (Phi) is 25.6. The van der Waals surface area contributed by atoms with Gasteiger partial charge in [0.05, 0.1) is 34.5 Å². The predicted molar refractivity (Wildman–Crippen MR) is 280 cm³/mol. The smallest absolute Gasteiger partial charge is 0.261 e. The Morgan fingerprint density at radius 2 is 1.09 bits per heavy atom. The highest BCUT2D eigenvalue weighted by molar-refractivity contribution is 8.13. The number of likely N-dealkylation sites (N-methyl/N-ethyl adjacent to an activating group) is 4. The van der Waals surface area contributed by atoms with Gasteiger partial charge in [-0.3, -0.25) is 9.78 Å². The number of rotatable bonds is 17. The summed E-state index contributed by atoms with van der Waals surface area (Å²) in [5, 5.41) is 19.6. The third kappa shape index (κ3) is 18.9. The molecule has 3 N–H and O–H groups in total. The molecule has 0 radical (unpaired) electrons. The van der Waals surface area contributed by atoms with Gasteiger partial charge in [-0.05, 0) is 134 Å². The minimum Gasteiger partial charge on any atom is -0.395 e. The third-order valence-corrected chi connectivity index (χ3v) is 17.5. The van der Waals surface area contributed by atoms with Crippen molar-refractivity contribution in [1.82, 2.24) is 23.8 Å². The third-order valence-electron chi connectivity index (χ3n) is 11.5. The molecule has 392 valence electrons. The molecule has 4 aromatic rings. The number of amides is 1. The lowest BCUT2D eigenvalue weighted by Gasteiger charge is -2.35. The van der Waals surface area contributed by atoms with E-state index in [9.17, 15) is 30.0 Å². The lowest BCUT2D eigenvalue weighted by atomic mass is 9.96. The molecule has 0 spiro atoms. The topological polar surface area (TPSA) is 207 Å². The standard InChI is InChI=1S/C26H38N4O4S.C12H19NO3S.C9H11ClO2S.C3H9NO/c1-20-16-21(2)26(22(3)17-20)35(32,33)29(5)14-15-34-19-25(31)28(4)18-23-8-12-30(13-9-23)24-6-10-27-11-7-24;1-9-7-10(2)12(11(3)8-9)17(15,16)13(4)5-6-14;1-6-4-7(2)9(8(3)5-6)13(10,11)12;1-4-2-3-5/h6-7,10-11,16-17,23H,8-9,12-15,18-19H2,1-5H3;7-8,14H,5-6H2,1-4H3;4-5H,1-3H3;4-5H,2-3H2,1H3. The van der Waals surface area contributed by atoms with Crippen molar-refractivity contribution in [2.45, 2.75) is 89.8 Å². The number of carbonyl (C=O) groups excluding carboxylic acids is 1. The molecule has 2 heterocycles. The number of nitrogens with zero attached hydrogens (tertiary/aromatic N) is 5. The first kappa shape index (κ1) is 62.1. The van der Waals surface area contributed by atoms with Crippen LogP contribution in [0.4, 0.5) is 5.69 Å². The van der Waals surface area contributed by atoms with E-state index in [1.54, 1.807) is 53.7 Å². The fourth-order valence-corrected chi connectivity index (χ4v) is 13.1. The van der Waals surface area contributed by atoms with Gasteiger partial charge in [-0.25, -0.2) is 25.3 Å². The normalized spacial score (nSPS) is 13.2. The van der Waals surface area contributed by atoms with Crippen LogP contribution in [-0.2, 0) is 38.6 Å². The maximum absolute atomic E-state index is 13.0. The van der Waals surface area contributed by atoms with Gasteiger partial charge in [0.25, 0.3) is 9.05 Å². The Morgan fingerprint density at radius 1 is 0.686 bits per heavy atom. The van der Waals surface area contributed by atoms with Gasteiger partial charge in [0.1, 0.15) is 6.61 Å². The van der Waals surface area contributed by atoms with Gasteiger partial charge in [0.15, 0.2) is 0 Å². The minimum atomic E-state index is -3.63. The van der Waals surface area contributed by atoms with Gasteiger partial charge in [-0.1, -0.05) is 53.1 Å². The van der Waals surface area contributed by atoms with E-state index >= 15 is 0 Å². The zero-order chi connectivity index (χ0) is 53.1. The van der Waals surface area contributed by atoms with Gasteiger partial charge in [-0.2, -0.15) is 8.61 Å². The number of halogens is 1. The van der Waals surface area contributed by atoms with Crippen LogP contribution in [0.3, 0.4) is 0 Å². The summed E-state index contributed by atoms with van der Waals surface area (Å²) in [5.41, 5.74) is 8.67. The van der Waals surface area contributed by atoms with Crippen LogP contribution in [-0.4, -0.2) is 154 Å². The number of hydrogen-bond acceptors (Lipinski definition) is 13. The Labute approximate surface area is 423 Å². The number of aliphatic hydroxyl groups excluding tert-OH is 2. The molecule has 1 saturated heterocycles. The first-order valence-corrected chi connectivity index (χ1v) is 28.3. The van der Waals surface area contributed by atoms with Crippen LogP contribution in [0.2, 0.25) is 0 Å². The second-order valence-corrected chi connectivity index (χ2v) is 24.3. The summed E-state index contributed by atoms with van der Waals surface area (Å²) in [5.74, 6) is 0.372. The van der Waals surface area contributed by atoms with Gasteiger partial charge >= 0.3 is 0 Å². The van der Waals surface area contributed by atoms with Crippen LogP contribution in [0.1, 0.15) is 62.9 Å². The number of aromatic nitrogens is 1. The molecule has 0 bridgehead atoms. The van der Waals surface area contributed by atoms with E-state index in [0.717, 1.165) is 64.9 Å². The van der Waals surface area contributed by atoms with E-state index in [0.29, 0.717) is 39.9 Å². The maximum Gasteiger partial charge on any atom is 0.261 e. The zero-order valence-electron chi connectivity index (χ0n) is 43.3. The number of pyridine rings is 1. The number of anilines is 1. The van der Waals surface area contributed by atoms with Crippen molar-refractivity contribution in [1.29, 1.82) is 0 Å². The second kappa shape index (κ2) is 28.9. The average molecular weight is 1050 g/mol. The molecule has 3 aromatic carbocycles. The summed E-state index contributed by atoms with van der Waals surface area (Å²) in [6.45, 7) is 20.3. The highest BCUT2D eigenvalue weighted by atomic mass is 35.7. The van der Waals surface area contributed by atoms with E-state index in [1.165, 1.54) is 21.3 Å². The lowest BCUT2D eigenvalue weighted by Crippen LogP contribution is -2.40. The fraction of sp³-hybridized carbons (Fsp3) is 0.520. The maximum atomic E-state index is 13.0. The van der Waals surface area contributed by atoms with Crippen molar-refractivity contribution in [2.75, 3.05) is 98.8 Å². The van der Waals surface area contributed by atoms with Crippen LogP contribution in [0, 0.1) is 68.2 Å². The Morgan fingerprint density at radius 3 is 1.44 bits per heavy atom. The predicted octanol–water partition coefficient (Wildman–Crippen LogP) is 5.98. The van der Waals surface area contributed by atoms with Crippen molar-refractivity contribution >= 4 is 51.4 Å². The molecule has 1 aliphatic rings. The number of aryl methyl sites for hydroxylation is 9. The van der Waals surface area contributed by atoms with E-state index in [2.05, 4.69) is 15.2 Å². The first-order valence-electron chi connectivity index (χ1n) is 23.1. The van der Waals surface area contributed by atoms with Crippen LogP contribution in [0.15, 0.2) is 75.6 Å². The van der Waals surface area contributed by atoms with Crippen molar-refractivity contribution in [3.05, 3.63) is 111 Å². The van der Waals surface area contributed by atoms with Crippen molar-refractivity contribution in [3.63, 3.8) is 0 Å². The quantitative estimate of drug-likeness (QED) is 0.0823. The molecule has 1 fully saturated rings. The number of ether oxygens (including phenoxy) is 1. The van der Waals surface area contributed by atoms with E-state index in [4.69, 9.17) is 25.6 Å². The Hall–Kier alpha value is -4.02. The lowest BCUT2D eigenvalue weighted by molar-refractivity contribution is -0.135. The summed E-state index contributed by atoms with van der Waals surface area (Å²) in [7, 11) is 1.18. The molecule has 20 heteroatoms. The highest BCUT2D eigenvalue weighted by Crippen LogP contribution is 2.27. The summed E-state index contributed by atoms with van der Waals surface area (Å²) >= 11 is 0. The molecule has 1 aliphatic heterocycles. The van der Waals surface area contributed by atoms with Crippen molar-refractivity contribution in [3.8, 4) is 0 Å². The monoisotopic (exact) mass is 1050 g/mol. The molecular weight excluding hydrogens is 976 g/mol. The van der Waals surface area contributed by atoms with Crippen molar-refractivity contribution < 1.29 is 45.0 Å². The number of carbonyl (C=O) groups is 1. The molecular formula is C50H77ClN6O10S3. The van der Waals surface area contributed by atoms with Crippen LogP contribution >= 0.6 is 10.7 Å². The van der Waals surface area contributed by atoms with Crippen LogP contribution in [0.25, 0.3) is 0 Å². The molecule has 0 saturated carbocycles. The van der Waals surface area contributed by atoms with Gasteiger partial charge in [-0.15, -0.1) is 0 Å². The molecule has 5 rings (SSSR count). The fourth-order valence-electron chi connectivity index (χ4n) is 8.38. The largest absolute Gasteiger partial charge is 0.395 e. The number of sulfonamides is 2. The highest BCUT2D eigenvalue weighted by Gasteiger charge is 2.27. The Bertz CT molecular complexity index is 2580. The number of nitrogens with one attached hydrogen (secondary N) is 1. The van der Waals surface area contributed by atoms with E-state index in [-0.39, 0.29) is 50.3 Å². The van der Waals surface area contributed by atoms with Gasteiger partial charge in [0.2, 0.25) is 26.0 Å². The average Bonchev–Trinajstić information content (AvgIpc) is 3.25. The van der Waals surface area contributed by atoms with E-state index < -0.39 is 29.1 Å². The zero-order valence-corrected chi connectivity index (χ0v) is 46.5. The van der Waals surface area contributed by atoms with Crippen LogP contribution < -0.4 is 10.2 Å². The number of hydrogen-bond donors (Lipinski definition) is 3. The minimum absolute atomic E-state index is 0.0527. The molecule has 0 unspecified atom stereocenters.